The first kappa shape index (κ1) is 13.3. The molecule has 0 aromatic heterocycles. The summed E-state index contributed by atoms with van der Waals surface area (Å²) in [6.45, 7) is 2.08. The van der Waals surface area contributed by atoms with Crippen molar-refractivity contribution in [2.45, 2.75) is 25.9 Å². The predicted molar refractivity (Wildman–Crippen MR) is 79.4 cm³/mol. The molecule has 0 saturated heterocycles. The van der Waals surface area contributed by atoms with E-state index in [0.29, 0.717) is 0 Å². The van der Waals surface area contributed by atoms with E-state index in [1.807, 2.05) is 24.3 Å². The van der Waals surface area contributed by atoms with Crippen LogP contribution >= 0.6 is 15.9 Å². The molecule has 0 aliphatic rings. The second-order valence-electron chi connectivity index (χ2n) is 4.41. The molecule has 2 heteroatoms. The summed E-state index contributed by atoms with van der Waals surface area (Å²) in [6.07, 6.45) is 1.37. The Balaban J connectivity index is 2.38. The maximum absolute atomic E-state index is 10.1. The van der Waals surface area contributed by atoms with Crippen LogP contribution in [-0.4, -0.2) is 5.11 Å². The van der Waals surface area contributed by atoms with Crippen LogP contribution in [0.5, 0.6) is 0 Å². The Bertz CT molecular complexity index is 508. The molecule has 0 heterocycles. The van der Waals surface area contributed by atoms with Gasteiger partial charge in [0.25, 0.3) is 0 Å². The first-order valence-electron chi connectivity index (χ1n) is 6.25. The minimum Gasteiger partial charge on any atom is -0.388 e. The standard InChI is InChI=1S/C16H17BrO/c1-2-6-16(18)14-11-13(9-10-15(14)17)12-7-4-3-5-8-12/h3-5,7-11,16,18H,2,6H2,1H3. The molecule has 0 aliphatic heterocycles. The lowest BCUT2D eigenvalue weighted by Crippen LogP contribution is -1.98. The van der Waals surface area contributed by atoms with E-state index in [1.54, 1.807) is 0 Å². The Morgan fingerprint density at radius 3 is 2.44 bits per heavy atom. The van der Waals surface area contributed by atoms with E-state index in [9.17, 15) is 5.11 Å². The molecular weight excluding hydrogens is 288 g/mol. The molecule has 0 spiro atoms. The molecule has 0 fully saturated rings. The smallest absolute Gasteiger partial charge is 0.0801 e. The van der Waals surface area contributed by atoms with Gasteiger partial charge in [-0.2, -0.15) is 0 Å². The van der Waals surface area contributed by atoms with Crippen LogP contribution in [0.3, 0.4) is 0 Å². The molecule has 18 heavy (non-hydrogen) atoms. The minimum atomic E-state index is -0.395. The Morgan fingerprint density at radius 1 is 1.06 bits per heavy atom. The Labute approximate surface area is 117 Å². The summed E-state index contributed by atoms with van der Waals surface area (Å²) in [7, 11) is 0. The van der Waals surface area contributed by atoms with Gasteiger partial charge in [0.05, 0.1) is 6.10 Å². The number of rotatable bonds is 4. The summed E-state index contributed by atoms with van der Waals surface area (Å²) in [4.78, 5) is 0. The fourth-order valence-corrected chi connectivity index (χ4v) is 2.55. The third-order valence-electron chi connectivity index (χ3n) is 3.02. The SMILES string of the molecule is CCCC(O)c1cc(-c2ccccc2)ccc1Br. The zero-order chi connectivity index (χ0) is 13.0. The highest BCUT2D eigenvalue weighted by Crippen LogP contribution is 2.31. The fraction of sp³-hybridized carbons (Fsp3) is 0.250. The monoisotopic (exact) mass is 304 g/mol. The molecule has 1 atom stereocenters. The summed E-state index contributed by atoms with van der Waals surface area (Å²) in [5.41, 5.74) is 3.29. The van der Waals surface area contributed by atoms with Crippen LogP contribution in [0.4, 0.5) is 0 Å². The molecular formula is C16H17BrO. The minimum absolute atomic E-state index is 0.395. The average molecular weight is 305 g/mol. The summed E-state index contributed by atoms with van der Waals surface area (Å²) in [6, 6.07) is 16.4. The first-order chi connectivity index (χ1) is 8.72. The summed E-state index contributed by atoms with van der Waals surface area (Å²) >= 11 is 3.51. The summed E-state index contributed by atoms with van der Waals surface area (Å²) in [5.74, 6) is 0. The third-order valence-corrected chi connectivity index (χ3v) is 3.75. The second-order valence-corrected chi connectivity index (χ2v) is 5.26. The topological polar surface area (TPSA) is 20.2 Å². The van der Waals surface area contributed by atoms with Gasteiger partial charge in [0.15, 0.2) is 0 Å². The molecule has 2 rings (SSSR count). The van der Waals surface area contributed by atoms with Crippen LogP contribution in [0.1, 0.15) is 31.4 Å². The highest BCUT2D eigenvalue weighted by molar-refractivity contribution is 9.10. The third kappa shape index (κ3) is 3.01. The number of hydrogen-bond acceptors (Lipinski definition) is 1. The van der Waals surface area contributed by atoms with Crippen molar-refractivity contribution in [3.8, 4) is 11.1 Å². The van der Waals surface area contributed by atoms with Crippen LogP contribution in [-0.2, 0) is 0 Å². The first-order valence-corrected chi connectivity index (χ1v) is 7.04. The van der Waals surface area contributed by atoms with Gasteiger partial charge in [-0.3, -0.25) is 0 Å². The molecule has 0 radical (unpaired) electrons. The van der Waals surface area contributed by atoms with Crippen molar-refractivity contribution >= 4 is 15.9 Å². The van der Waals surface area contributed by atoms with Crippen molar-refractivity contribution in [1.29, 1.82) is 0 Å². The second kappa shape index (κ2) is 6.17. The number of halogens is 1. The molecule has 1 unspecified atom stereocenters. The Morgan fingerprint density at radius 2 is 1.78 bits per heavy atom. The van der Waals surface area contributed by atoms with Crippen LogP contribution in [0, 0.1) is 0 Å². The zero-order valence-corrected chi connectivity index (χ0v) is 12.0. The quantitative estimate of drug-likeness (QED) is 0.847. The molecule has 1 N–H and O–H groups in total. The molecule has 1 nitrogen and oxygen atoms in total. The molecule has 0 aliphatic carbocycles. The fourth-order valence-electron chi connectivity index (χ4n) is 2.04. The molecule has 94 valence electrons. The van der Waals surface area contributed by atoms with Crippen molar-refractivity contribution in [3.05, 3.63) is 58.6 Å². The van der Waals surface area contributed by atoms with Crippen LogP contribution in [0.25, 0.3) is 11.1 Å². The zero-order valence-electron chi connectivity index (χ0n) is 10.4. The molecule has 0 saturated carbocycles. The highest BCUT2D eigenvalue weighted by Gasteiger charge is 2.11. The highest BCUT2D eigenvalue weighted by atomic mass is 79.9. The van der Waals surface area contributed by atoms with E-state index in [1.165, 1.54) is 5.56 Å². The van der Waals surface area contributed by atoms with Gasteiger partial charge in [-0.1, -0.05) is 65.7 Å². The molecule has 0 bridgehead atoms. The largest absolute Gasteiger partial charge is 0.388 e. The lowest BCUT2D eigenvalue weighted by atomic mass is 9.99. The van der Waals surface area contributed by atoms with Gasteiger partial charge in [-0.25, -0.2) is 0 Å². The van der Waals surface area contributed by atoms with Gasteiger partial charge in [0.1, 0.15) is 0 Å². The number of aliphatic hydroxyl groups is 1. The lowest BCUT2D eigenvalue weighted by Gasteiger charge is -2.13. The van der Waals surface area contributed by atoms with E-state index in [-0.39, 0.29) is 0 Å². The van der Waals surface area contributed by atoms with Crippen molar-refractivity contribution < 1.29 is 5.11 Å². The molecule has 0 amide bonds. The Hall–Kier alpha value is -1.12. The van der Waals surface area contributed by atoms with Crippen molar-refractivity contribution in [1.82, 2.24) is 0 Å². The van der Waals surface area contributed by atoms with Gasteiger partial charge in [-0.15, -0.1) is 0 Å². The average Bonchev–Trinajstić information content (AvgIpc) is 2.40. The number of hydrogen-bond donors (Lipinski definition) is 1. The van der Waals surface area contributed by atoms with Gasteiger partial charge in [0, 0.05) is 4.47 Å². The van der Waals surface area contributed by atoms with Crippen LogP contribution < -0.4 is 0 Å². The number of benzene rings is 2. The van der Waals surface area contributed by atoms with Crippen molar-refractivity contribution in [2.24, 2.45) is 0 Å². The van der Waals surface area contributed by atoms with E-state index >= 15 is 0 Å². The molecule has 2 aromatic rings. The predicted octanol–water partition coefficient (Wildman–Crippen LogP) is 4.95. The molecule has 2 aromatic carbocycles. The maximum atomic E-state index is 10.1. The number of aliphatic hydroxyl groups excluding tert-OH is 1. The lowest BCUT2D eigenvalue weighted by molar-refractivity contribution is 0.166. The van der Waals surface area contributed by atoms with E-state index < -0.39 is 6.10 Å². The van der Waals surface area contributed by atoms with Crippen LogP contribution in [0.2, 0.25) is 0 Å². The van der Waals surface area contributed by atoms with E-state index in [2.05, 4.69) is 47.1 Å². The summed E-state index contributed by atoms with van der Waals surface area (Å²) in [5, 5.41) is 10.1. The normalized spacial score (nSPS) is 12.4. The van der Waals surface area contributed by atoms with Gasteiger partial charge >= 0.3 is 0 Å². The van der Waals surface area contributed by atoms with Gasteiger partial charge in [-0.05, 0) is 35.2 Å². The maximum Gasteiger partial charge on any atom is 0.0801 e. The van der Waals surface area contributed by atoms with Crippen molar-refractivity contribution in [2.75, 3.05) is 0 Å². The van der Waals surface area contributed by atoms with Crippen LogP contribution in [0.15, 0.2) is 53.0 Å². The summed E-state index contributed by atoms with van der Waals surface area (Å²) < 4.78 is 0.975. The van der Waals surface area contributed by atoms with Crippen molar-refractivity contribution in [3.63, 3.8) is 0 Å². The Kier molecular flexibility index (Phi) is 4.56. The van der Waals surface area contributed by atoms with Gasteiger partial charge in [0.2, 0.25) is 0 Å². The van der Waals surface area contributed by atoms with E-state index in [4.69, 9.17) is 0 Å². The van der Waals surface area contributed by atoms with Gasteiger partial charge < -0.3 is 5.11 Å². The van der Waals surface area contributed by atoms with E-state index in [0.717, 1.165) is 28.4 Å².